The van der Waals surface area contributed by atoms with Gasteiger partial charge in [-0.3, -0.25) is 0 Å². The van der Waals surface area contributed by atoms with E-state index in [1.807, 2.05) is 11.3 Å². The first kappa shape index (κ1) is 25.8. The van der Waals surface area contributed by atoms with Crippen LogP contribution in [0.5, 0.6) is 0 Å². The number of rotatable bonds is 3. The van der Waals surface area contributed by atoms with Crippen LogP contribution in [0, 0.1) is 0 Å². The fourth-order valence-corrected chi connectivity index (χ4v) is 9.07. The van der Waals surface area contributed by atoms with E-state index in [1.165, 1.54) is 91.8 Å². The van der Waals surface area contributed by atoms with Gasteiger partial charge in [-0.2, -0.15) is 0 Å². The van der Waals surface area contributed by atoms with Gasteiger partial charge in [-0.05, 0) is 110 Å². The van der Waals surface area contributed by atoms with Gasteiger partial charge in [0.2, 0.25) is 0 Å². The zero-order valence-electron chi connectivity index (χ0n) is 25.2. The lowest BCUT2D eigenvalue weighted by atomic mass is 9.93. The largest absolute Gasteiger partial charge is 0.309 e. The third kappa shape index (κ3) is 3.81. The lowest BCUT2D eigenvalue weighted by molar-refractivity contribution is 1.01. The minimum atomic E-state index is 1.13. The molecular formula is C44H29NS. The van der Waals surface area contributed by atoms with E-state index >= 15 is 0 Å². The molecule has 0 fully saturated rings. The quantitative estimate of drug-likeness (QED) is 0.177. The molecular weight excluding hydrogens is 575 g/mol. The third-order valence-electron chi connectivity index (χ3n) is 9.85. The number of nitrogens with zero attached hydrogens (tertiary/aromatic N) is 1. The highest BCUT2D eigenvalue weighted by Gasteiger charge is 2.18. The Hall–Kier alpha value is -5.44. The first-order valence-corrected chi connectivity index (χ1v) is 16.9. The maximum absolute atomic E-state index is 2.44. The molecule has 0 atom stereocenters. The summed E-state index contributed by atoms with van der Waals surface area (Å²) in [4.78, 5) is 1.42. The first-order valence-electron chi connectivity index (χ1n) is 16.1. The number of allylic oxidation sites excluding steroid dienone is 1. The Kier molecular flexibility index (Phi) is 5.64. The first-order chi connectivity index (χ1) is 22.8. The van der Waals surface area contributed by atoms with Crippen LogP contribution in [0.25, 0.3) is 87.5 Å². The van der Waals surface area contributed by atoms with E-state index < -0.39 is 0 Å². The number of aromatic nitrogens is 1. The molecule has 1 aliphatic carbocycles. The molecule has 1 aliphatic rings. The summed E-state index contributed by atoms with van der Waals surface area (Å²) < 4.78 is 3.84. The van der Waals surface area contributed by atoms with Crippen molar-refractivity contribution in [1.29, 1.82) is 0 Å². The van der Waals surface area contributed by atoms with Gasteiger partial charge in [-0.15, -0.1) is 11.3 Å². The number of aryl methyl sites for hydroxylation is 1. The lowest BCUT2D eigenvalue weighted by Crippen LogP contribution is -1.94. The molecule has 216 valence electrons. The SMILES string of the molecule is C1=Cc2sc3c(-c4ccc5c(c4)c4ccccc4n5-c4cccc(-c5cc6ccccc6c6ccccc56)c4)cccc3c2CC1. The monoisotopic (exact) mass is 603 g/mol. The van der Waals surface area contributed by atoms with Gasteiger partial charge in [0, 0.05) is 26.0 Å². The van der Waals surface area contributed by atoms with E-state index in [1.54, 1.807) is 0 Å². The predicted octanol–water partition coefficient (Wildman–Crippen LogP) is 12.6. The highest BCUT2D eigenvalue weighted by atomic mass is 32.1. The molecule has 0 unspecified atom stereocenters. The molecule has 0 saturated heterocycles. The molecule has 0 aliphatic heterocycles. The third-order valence-corrected chi connectivity index (χ3v) is 11.1. The molecule has 7 aromatic carbocycles. The molecule has 0 spiro atoms. The molecule has 0 radical (unpaired) electrons. The Morgan fingerprint density at radius 2 is 1.24 bits per heavy atom. The summed E-state index contributed by atoms with van der Waals surface area (Å²) in [6.07, 6.45) is 6.90. The van der Waals surface area contributed by atoms with Crippen LogP contribution in [-0.4, -0.2) is 4.57 Å². The summed E-state index contributed by atoms with van der Waals surface area (Å²) in [5.74, 6) is 0. The summed E-state index contributed by atoms with van der Waals surface area (Å²) in [5.41, 5.74) is 10.2. The molecule has 2 aromatic heterocycles. The van der Waals surface area contributed by atoms with Crippen molar-refractivity contribution in [2.75, 3.05) is 0 Å². The van der Waals surface area contributed by atoms with E-state index in [4.69, 9.17) is 0 Å². The van der Waals surface area contributed by atoms with Crippen LogP contribution < -0.4 is 0 Å². The van der Waals surface area contributed by atoms with Gasteiger partial charge in [0.25, 0.3) is 0 Å². The zero-order valence-corrected chi connectivity index (χ0v) is 26.0. The number of benzene rings is 7. The lowest BCUT2D eigenvalue weighted by Gasteiger charge is -2.14. The minimum absolute atomic E-state index is 1.13. The number of hydrogen-bond acceptors (Lipinski definition) is 1. The minimum Gasteiger partial charge on any atom is -0.309 e. The van der Waals surface area contributed by atoms with Gasteiger partial charge in [-0.25, -0.2) is 0 Å². The number of para-hydroxylation sites is 1. The van der Waals surface area contributed by atoms with Crippen LogP contribution in [0.15, 0.2) is 146 Å². The van der Waals surface area contributed by atoms with Crippen molar-refractivity contribution < 1.29 is 0 Å². The Morgan fingerprint density at radius 3 is 2.17 bits per heavy atom. The van der Waals surface area contributed by atoms with Crippen molar-refractivity contribution in [3.63, 3.8) is 0 Å². The fourth-order valence-electron chi connectivity index (χ4n) is 7.75. The van der Waals surface area contributed by atoms with E-state index in [0.717, 1.165) is 12.8 Å². The number of fused-ring (bicyclic) bond motifs is 9. The van der Waals surface area contributed by atoms with Crippen LogP contribution in [0.2, 0.25) is 0 Å². The van der Waals surface area contributed by atoms with E-state index in [9.17, 15) is 0 Å². The summed E-state index contributed by atoms with van der Waals surface area (Å²) in [6, 6.07) is 51.7. The van der Waals surface area contributed by atoms with E-state index in [0.29, 0.717) is 0 Å². The van der Waals surface area contributed by atoms with Crippen molar-refractivity contribution in [2.24, 2.45) is 0 Å². The van der Waals surface area contributed by atoms with Gasteiger partial charge in [0.15, 0.2) is 0 Å². The van der Waals surface area contributed by atoms with Crippen molar-refractivity contribution >= 4 is 70.8 Å². The molecule has 0 amide bonds. The van der Waals surface area contributed by atoms with Gasteiger partial charge >= 0.3 is 0 Å². The average Bonchev–Trinajstić information content (AvgIpc) is 3.67. The van der Waals surface area contributed by atoms with Gasteiger partial charge in [-0.1, -0.05) is 109 Å². The smallest absolute Gasteiger partial charge is 0.0541 e. The second-order valence-corrected chi connectivity index (χ2v) is 13.4. The summed E-state index contributed by atoms with van der Waals surface area (Å²) in [6.45, 7) is 0. The van der Waals surface area contributed by atoms with Crippen molar-refractivity contribution in [1.82, 2.24) is 4.57 Å². The Balaban J connectivity index is 1.17. The van der Waals surface area contributed by atoms with Crippen LogP contribution >= 0.6 is 11.3 Å². The van der Waals surface area contributed by atoms with Crippen LogP contribution in [-0.2, 0) is 6.42 Å². The highest BCUT2D eigenvalue weighted by molar-refractivity contribution is 7.20. The summed E-state index contributed by atoms with van der Waals surface area (Å²) >= 11 is 1.94. The second-order valence-electron chi connectivity index (χ2n) is 12.4. The van der Waals surface area contributed by atoms with Gasteiger partial charge in [0.05, 0.1) is 11.0 Å². The maximum Gasteiger partial charge on any atom is 0.0541 e. The molecule has 0 saturated carbocycles. The Labute approximate surface area is 271 Å². The molecule has 1 nitrogen and oxygen atoms in total. The van der Waals surface area contributed by atoms with Crippen LogP contribution in [0.4, 0.5) is 0 Å². The second kappa shape index (κ2) is 10.0. The molecule has 9 aromatic rings. The molecule has 46 heavy (non-hydrogen) atoms. The van der Waals surface area contributed by atoms with Crippen molar-refractivity contribution in [3.8, 4) is 27.9 Å². The fraction of sp³-hybridized carbons (Fsp3) is 0.0455. The zero-order chi connectivity index (χ0) is 30.2. The Morgan fingerprint density at radius 1 is 0.500 bits per heavy atom. The number of hydrogen-bond donors (Lipinski definition) is 0. The molecule has 2 heterocycles. The van der Waals surface area contributed by atoms with Crippen LogP contribution in [0.1, 0.15) is 16.9 Å². The molecule has 0 N–H and O–H groups in total. The van der Waals surface area contributed by atoms with Gasteiger partial charge < -0.3 is 4.57 Å². The predicted molar refractivity (Wildman–Crippen MR) is 199 cm³/mol. The molecule has 2 heteroatoms. The van der Waals surface area contributed by atoms with Crippen LogP contribution in [0.3, 0.4) is 0 Å². The molecule has 10 rings (SSSR count). The van der Waals surface area contributed by atoms with Gasteiger partial charge in [0.1, 0.15) is 0 Å². The summed E-state index contributed by atoms with van der Waals surface area (Å²) in [5, 5.41) is 9.12. The topological polar surface area (TPSA) is 4.93 Å². The standard InChI is InChI=1S/C44H29NS/c1-2-14-32-29(11-1)26-39(35-16-4-3-15-34(32)35)28-12-9-13-31(25-28)45-41-21-7-5-17-36(41)40-27-30(23-24-42(40)45)33-19-10-20-38-37-18-6-8-22-43(37)46-44(33)38/h1-5,7-17,19-27H,6,18H2. The van der Waals surface area contributed by atoms with Crippen molar-refractivity contribution in [2.45, 2.75) is 12.8 Å². The highest BCUT2D eigenvalue weighted by Crippen LogP contribution is 2.43. The van der Waals surface area contributed by atoms with E-state index in [2.05, 4.69) is 156 Å². The average molecular weight is 604 g/mol. The number of thiophene rings is 1. The molecule has 0 bridgehead atoms. The van der Waals surface area contributed by atoms with E-state index in [-0.39, 0.29) is 0 Å². The summed E-state index contributed by atoms with van der Waals surface area (Å²) in [7, 11) is 0. The normalized spacial score (nSPS) is 13.0. The Bertz CT molecular complexity index is 2700. The maximum atomic E-state index is 2.44. The van der Waals surface area contributed by atoms with Crippen molar-refractivity contribution in [3.05, 3.63) is 156 Å².